The summed E-state index contributed by atoms with van der Waals surface area (Å²) in [6.45, 7) is 3.09. The zero-order chi connectivity index (χ0) is 16.9. The number of hydrogen-bond donors (Lipinski definition) is 1. The number of benzene rings is 1. The van der Waals surface area contributed by atoms with E-state index < -0.39 is 10.0 Å². The lowest BCUT2D eigenvalue weighted by Gasteiger charge is -2.31. The highest BCUT2D eigenvalue weighted by Crippen LogP contribution is 2.23. The number of ether oxygens (including phenoxy) is 1. The summed E-state index contributed by atoms with van der Waals surface area (Å²) in [5, 5.41) is 2.90. The first-order chi connectivity index (χ1) is 10.9. The van der Waals surface area contributed by atoms with Crippen LogP contribution in [0.15, 0.2) is 35.2 Å². The van der Waals surface area contributed by atoms with Gasteiger partial charge < -0.3 is 10.1 Å². The SMILES string of the molecule is COC[C@H](C)NC(=O)C1CCN(S(=O)(=O)c2ccccc2)CC1. The van der Waals surface area contributed by atoms with E-state index in [2.05, 4.69) is 5.32 Å². The Bertz CT molecular complexity index is 610. The second kappa shape index (κ2) is 7.90. The zero-order valence-corrected chi connectivity index (χ0v) is 14.4. The lowest BCUT2D eigenvalue weighted by atomic mass is 9.97. The summed E-state index contributed by atoms with van der Waals surface area (Å²) in [5.74, 6) is -0.164. The van der Waals surface area contributed by atoms with Crippen LogP contribution >= 0.6 is 0 Å². The number of carbonyl (C=O) groups is 1. The van der Waals surface area contributed by atoms with Crippen LogP contribution in [0.3, 0.4) is 0 Å². The summed E-state index contributed by atoms with van der Waals surface area (Å²) in [7, 11) is -1.87. The van der Waals surface area contributed by atoms with E-state index in [1.807, 2.05) is 6.92 Å². The Labute approximate surface area is 137 Å². The normalized spacial score (nSPS) is 18.5. The van der Waals surface area contributed by atoms with Crippen LogP contribution in [0, 0.1) is 5.92 Å². The van der Waals surface area contributed by atoms with Crippen LogP contribution in [-0.4, -0.2) is 51.5 Å². The lowest BCUT2D eigenvalue weighted by Crippen LogP contribution is -2.45. The maximum Gasteiger partial charge on any atom is 0.243 e. The van der Waals surface area contributed by atoms with Gasteiger partial charge in [-0.3, -0.25) is 4.79 Å². The molecule has 2 rings (SSSR count). The molecule has 1 aromatic rings. The number of piperidine rings is 1. The van der Waals surface area contributed by atoms with Gasteiger partial charge in [0.1, 0.15) is 0 Å². The van der Waals surface area contributed by atoms with Crippen molar-refractivity contribution < 1.29 is 17.9 Å². The molecule has 1 amide bonds. The number of amides is 1. The van der Waals surface area contributed by atoms with E-state index in [4.69, 9.17) is 4.74 Å². The molecule has 6 nitrogen and oxygen atoms in total. The van der Waals surface area contributed by atoms with Gasteiger partial charge in [0.15, 0.2) is 0 Å². The van der Waals surface area contributed by atoms with Gasteiger partial charge in [-0.25, -0.2) is 8.42 Å². The lowest BCUT2D eigenvalue weighted by molar-refractivity contribution is -0.127. The van der Waals surface area contributed by atoms with Crippen LogP contribution in [0.25, 0.3) is 0 Å². The maximum absolute atomic E-state index is 12.5. The van der Waals surface area contributed by atoms with Crippen LogP contribution in [0.4, 0.5) is 0 Å². The smallest absolute Gasteiger partial charge is 0.243 e. The molecule has 1 heterocycles. The quantitative estimate of drug-likeness (QED) is 0.845. The summed E-state index contributed by atoms with van der Waals surface area (Å²) in [5.41, 5.74) is 0. The minimum atomic E-state index is -3.46. The first-order valence-corrected chi connectivity index (χ1v) is 9.23. The third-order valence-electron chi connectivity index (χ3n) is 4.01. The van der Waals surface area contributed by atoms with E-state index in [9.17, 15) is 13.2 Å². The second-order valence-corrected chi connectivity index (χ2v) is 7.79. The van der Waals surface area contributed by atoms with Gasteiger partial charge in [-0.1, -0.05) is 18.2 Å². The number of sulfonamides is 1. The van der Waals surface area contributed by atoms with E-state index in [0.717, 1.165) is 0 Å². The third-order valence-corrected chi connectivity index (χ3v) is 5.92. The van der Waals surface area contributed by atoms with E-state index in [1.165, 1.54) is 4.31 Å². The van der Waals surface area contributed by atoms with Crippen molar-refractivity contribution in [1.29, 1.82) is 0 Å². The number of carbonyl (C=O) groups excluding carboxylic acids is 1. The molecule has 0 spiro atoms. The fraction of sp³-hybridized carbons (Fsp3) is 0.562. The highest BCUT2D eigenvalue weighted by atomic mass is 32.2. The van der Waals surface area contributed by atoms with Crippen molar-refractivity contribution in [1.82, 2.24) is 9.62 Å². The molecule has 1 aromatic carbocycles. The Morgan fingerprint density at radius 2 is 1.91 bits per heavy atom. The summed E-state index contributed by atoms with van der Waals surface area (Å²) in [6.07, 6.45) is 1.08. The van der Waals surface area contributed by atoms with Crippen molar-refractivity contribution in [3.63, 3.8) is 0 Å². The Morgan fingerprint density at radius 3 is 2.48 bits per heavy atom. The topological polar surface area (TPSA) is 75.7 Å². The summed E-state index contributed by atoms with van der Waals surface area (Å²) in [4.78, 5) is 12.5. The molecule has 1 N–H and O–H groups in total. The van der Waals surface area contributed by atoms with Gasteiger partial charge in [-0.2, -0.15) is 4.31 Å². The minimum Gasteiger partial charge on any atom is -0.383 e. The molecule has 0 unspecified atom stereocenters. The fourth-order valence-electron chi connectivity index (χ4n) is 2.75. The number of hydrogen-bond acceptors (Lipinski definition) is 4. The van der Waals surface area contributed by atoms with E-state index in [-0.39, 0.29) is 17.9 Å². The zero-order valence-electron chi connectivity index (χ0n) is 13.6. The van der Waals surface area contributed by atoms with Crippen molar-refractivity contribution in [2.45, 2.75) is 30.7 Å². The van der Waals surface area contributed by atoms with Gasteiger partial charge in [0, 0.05) is 32.2 Å². The Balaban J connectivity index is 1.92. The molecule has 0 bridgehead atoms. The molecule has 7 heteroatoms. The van der Waals surface area contributed by atoms with Crippen LogP contribution in [0.2, 0.25) is 0 Å². The first kappa shape index (κ1) is 17.9. The highest BCUT2D eigenvalue weighted by Gasteiger charge is 2.32. The van der Waals surface area contributed by atoms with Crippen LogP contribution < -0.4 is 5.32 Å². The molecule has 1 aliphatic rings. The first-order valence-electron chi connectivity index (χ1n) is 7.79. The number of nitrogens with one attached hydrogen (secondary N) is 1. The average Bonchev–Trinajstić information content (AvgIpc) is 2.56. The Morgan fingerprint density at radius 1 is 1.30 bits per heavy atom. The predicted molar refractivity (Wildman–Crippen MR) is 87.4 cm³/mol. The number of methoxy groups -OCH3 is 1. The molecular formula is C16H24N2O4S. The van der Waals surface area contributed by atoms with Crippen molar-refractivity contribution in [2.24, 2.45) is 5.92 Å². The van der Waals surface area contributed by atoms with Crippen LogP contribution in [0.5, 0.6) is 0 Å². The summed E-state index contributed by atoms with van der Waals surface area (Å²) >= 11 is 0. The molecular weight excluding hydrogens is 316 g/mol. The second-order valence-electron chi connectivity index (χ2n) is 5.86. The molecule has 23 heavy (non-hydrogen) atoms. The van der Waals surface area contributed by atoms with Gasteiger partial charge in [-0.15, -0.1) is 0 Å². The average molecular weight is 340 g/mol. The van der Waals surface area contributed by atoms with Crippen LogP contribution in [-0.2, 0) is 19.6 Å². The monoisotopic (exact) mass is 340 g/mol. The highest BCUT2D eigenvalue weighted by molar-refractivity contribution is 7.89. The summed E-state index contributed by atoms with van der Waals surface area (Å²) < 4.78 is 31.5. The van der Waals surface area contributed by atoms with Crippen molar-refractivity contribution in [2.75, 3.05) is 26.8 Å². The molecule has 0 aliphatic carbocycles. The molecule has 0 radical (unpaired) electrons. The Hall–Kier alpha value is -1.44. The van der Waals surface area contributed by atoms with E-state index in [1.54, 1.807) is 37.4 Å². The summed E-state index contributed by atoms with van der Waals surface area (Å²) in [6, 6.07) is 8.37. The van der Waals surface area contributed by atoms with Gasteiger partial charge in [0.05, 0.1) is 11.5 Å². The molecule has 0 aromatic heterocycles. The van der Waals surface area contributed by atoms with E-state index >= 15 is 0 Å². The standard InChI is InChI=1S/C16H24N2O4S/c1-13(12-22-2)17-16(19)14-8-10-18(11-9-14)23(20,21)15-6-4-3-5-7-15/h3-7,13-14H,8-12H2,1-2H3,(H,17,19)/t13-/m0/s1. The van der Waals surface area contributed by atoms with Gasteiger partial charge in [-0.05, 0) is 31.9 Å². The molecule has 1 saturated heterocycles. The molecule has 0 saturated carbocycles. The fourth-order valence-corrected chi connectivity index (χ4v) is 4.24. The molecule has 1 aliphatic heterocycles. The van der Waals surface area contributed by atoms with E-state index in [0.29, 0.717) is 37.4 Å². The van der Waals surface area contributed by atoms with Gasteiger partial charge in [0.2, 0.25) is 15.9 Å². The van der Waals surface area contributed by atoms with Crippen molar-refractivity contribution in [3.05, 3.63) is 30.3 Å². The molecule has 128 valence electrons. The van der Waals surface area contributed by atoms with Crippen molar-refractivity contribution in [3.8, 4) is 0 Å². The van der Waals surface area contributed by atoms with Crippen molar-refractivity contribution >= 4 is 15.9 Å². The Kier molecular flexibility index (Phi) is 6.15. The minimum absolute atomic E-state index is 0.0219. The number of rotatable bonds is 6. The third kappa shape index (κ3) is 4.53. The number of nitrogens with zero attached hydrogens (tertiary/aromatic N) is 1. The predicted octanol–water partition coefficient (Wildman–Crippen LogP) is 1.24. The van der Waals surface area contributed by atoms with Crippen LogP contribution in [0.1, 0.15) is 19.8 Å². The van der Waals surface area contributed by atoms with Gasteiger partial charge >= 0.3 is 0 Å². The molecule has 1 fully saturated rings. The molecule has 1 atom stereocenters. The maximum atomic E-state index is 12.5. The largest absolute Gasteiger partial charge is 0.383 e. The van der Waals surface area contributed by atoms with Gasteiger partial charge in [0.25, 0.3) is 0 Å².